The molecule has 1 unspecified atom stereocenters. The summed E-state index contributed by atoms with van der Waals surface area (Å²) < 4.78 is 31.1. The topological polar surface area (TPSA) is 75.6 Å². The van der Waals surface area contributed by atoms with E-state index in [1.165, 1.54) is 0 Å². The Morgan fingerprint density at radius 3 is 2.18 bits per heavy atom. The van der Waals surface area contributed by atoms with Crippen LogP contribution in [0.5, 0.6) is 0 Å². The molecule has 0 saturated heterocycles. The molecule has 0 heterocycles. The lowest BCUT2D eigenvalue weighted by molar-refractivity contribution is -0.140. The van der Waals surface area contributed by atoms with E-state index in [0.29, 0.717) is 25.7 Å². The minimum absolute atomic E-state index is 0.103. The molecule has 0 aromatic carbocycles. The lowest BCUT2D eigenvalue weighted by Gasteiger charge is -2.33. The number of rotatable bonds is 5. The monoisotopic (exact) mass is 321 g/mol. The number of nitrogens with one attached hydrogen (secondary N) is 1. The van der Waals surface area contributed by atoms with Crippen LogP contribution in [0.2, 0.25) is 0 Å². The second-order valence-electron chi connectivity index (χ2n) is 6.85. The lowest BCUT2D eigenvalue weighted by Crippen LogP contribution is -2.42. The zero-order valence-electron chi connectivity index (χ0n) is 13.3. The quantitative estimate of drug-likeness (QED) is 0.813. The lowest BCUT2D eigenvalue weighted by atomic mass is 9.77. The van der Waals surface area contributed by atoms with Crippen molar-refractivity contribution in [3.63, 3.8) is 0 Å². The van der Waals surface area contributed by atoms with Gasteiger partial charge in [-0.05, 0) is 52.4 Å². The van der Waals surface area contributed by atoms with Crippen LogP contribution < -0.4 is 5.32 Å². The fraction of sp³-hybridized carbons (Fsp3) is 0.867. The summed E-state index contributed by atoms with van der Waals surface area (Å²) in [4.78, 5) is 22.4. The number of aliphatic carboxylic acids is 1. The molecular formula is C15H25F2NO4. The van der Waals surface area contributed by atoms with E-state index < -0.39 is 36.4 Å². The van der Waals surface area contributed by atoms with Crippen LogP contribution in [-0.2, 0) is 9.53 Å². The highest BCUT2D eigenvalue weighted by atomic mass is 19.3. The highest BCUT2D eigenvalue weighted by Crippen LogP contribution is 2.35. The van der Waals surface area contributed by atoms with E-state index in [9.17, 15) is 18.4 Å². The third-order valence-corrected chi connectivity index (χ3v) is 3.83. The molecule has 1 amide bonds. The van der Waals surface area contributed by atoms with Crippen molar-refractivity contribution in [1.29, 1.82) is 0 Å². The Kier molecular flexibility index (Phi) is 6.56. The first-order valence-electron chi connectivity index (χ1n) is 7.58. The van der Waals surface area contributed by atoms with E-state index >= 15 is 0 Å². The Hall–Kier alpha value is -1.40. The van der Waals surface area contributed by atoms with E-state index in [1.54, 1.807) is 20.8 Å². The third kappa shape index (κ3) is 6.58. The van der Waals surface area contributed by atoms with Crippen LogP contribution in [0.25, 0.3) is 0 Å². The summed E-state index contributed by atoms with van der Waals surface area (Å²) in [6, 6.07) is -0.103. The molecule has 0 bridgehead atoms. The summed E-state index contributed by atoms with van der Waals surface area (Å²) in [5.74, 6) is -2.62. The van der Waals surface area contributed by atoms with E-state index in [1.807, 2.05) is 0 Å². The van der Waals surface area contributed by atoms with Crippen molar-refractivity contribution in [3.8, 4) is 0 Å². The van der Waals surface area contributed by atoms with Gasteiger partial charge in [0, 0.05) is 12.0 Å². The summed E-state index contributed by atoms with van der Waals surface area (Å²) in [6.45, 7) is 5.30. The zero-order valence-corrected chi connectivity index (χ0v) is 13.3. The fourth-order valence-electron chi connectivity index (χ4n) is 2.83. The highest BCUT2D eigenvalue weighted by molar-refractivity contribution is 5.68. The zero-order chi connectivity index (χ0) is 16.9. The number of alkyl halides is 2. The van der Waals surface area contributed by atoms with Gasteiger partial charge in [-0.15, -0.1) is 0 Å². The molecule has 0 radical (unpaired) electrons. The number of hydrogen-bond donors (Lipinski definition) is 2. The van der Waals surface area contributed by atoms with Crippen LogP contribution in [0.4, 0.5) is 13.6 Å². The molecule has 0 aliphatic heterocycles. The molecule has 0 spiro atoms. The van der Waals surface area contributed by atoms with Gasteiger partial charge in [0.15, 0.2) is 0 Å². The average Bonchev–Trinajstić information content (AvgIpc) is 2.34. The number of hydrogen-bond acceptors (Lipinski definition) is 3. The minimum Gasteiger partial charge on any atom is -0.481 e. The number of carbonyl (C=O) groups is 2. The summed E-state index contributed by atoms with van der Waals surface area (Å²) >= 11 is 0. The summed E-state index contributed by atoms with van der Waals surface area (Å²) in [5, 5.41) is 11.5. The fourth-order valence-corrected chi connectivity index (χ4v) is 2.83. The number of carboxylic acid groups (broad SMARTS) is 1. The van der Waals surface area contributed by atoms with Crippen LogP contribution >= 0.6 is 0 Å². The van der Waals surface area contributed by atoms with E-state index in [2.05, 4.69) is 5.32 Å². The summed E-state index contributed by atoms with van der Waals surface area (Å²) in [7, 11) is 0. The number of alkyl carbamates (subject to hydrolysis) is 1. The smallest absolute Gasteiger partial charge is 0.407 e. The van der Waals surface area contributed by atoms with Crippen LogP contribution in [0.3, 0.4) is 0 Å². The molecule has 128 valence electrons. The maximum Gasteiger partial charge on any atom is 0.407 e. The first kappa shape index (κ1) is 18.6. The number of halogens is 2. The molecule has 2 N–H and O–H groups in total. The molecule has 1 aliphatic rings. The Morgan fingerprint density at radius 1 is 1.23 bits per heavy atom. The Balaban J connectivity index is 2.45. The van der Waals surface area contributed by atoms with Crippen molar-refractivity contribution in [2.75, 3.05) is 0 Å². The molecule has 7 heteroatoms. The number of ether oxygens (including phenoxy) is 1. The van der Waals surface area contributed by atoms with Gasteiger partial charge >= 0.3 is 12.1 Å². The standard InChI is InChI=1S/C15H25F2NO4/c1-15(2,3)22-14(21)18-10-6-4-9(5-7-10)11(13(16)17)8-12(19)20/h9-11,13H,4-8H2,1-3H3,(H,18,21)(H,19,20). The normalized spacial score (nSPS) is 23.9. The first-order chi connectivity index (χ1) is 10.1. The third-order valence-electron chi connectivity index (χ3n) is 3.83. The second kappa shape index (κ2) is 7.74. The molecule has 1 atom stereocenters. The van der Waals surface area contributed by atoms with Gasteiger partial charge < -0.3 is 15.2 Å². The van der Waals surface area contributed by atoms with Crippen molar-refractivity contribution in [3.05, 3.63) is 0 Å². The van der Waals surface area contributed by atoms with Crippen molar-refractivity contribution >= 4 is 12.1 Å². The number of carbonyl (C=O) groups excluding carboxylic acids is 1. The van der Waals surface area contributed by atoms with Gasteiger partial charge in [0.25, 0.3) is 0 Å². The minimum atomic E-state index is -2.63. The van der Waals surface area contributed by atoms with E-state index in [0.717, 1.165) is 0 Å². The maximum absolute atomic E-state index is 13.0. The molecule has 5 nitrogen and oxygen atoms in total. The molecule has 22 heavy (non-hydrogen) atoms. The van der Waals surface area contributed by atoms with Crippen LogP contribution in [-0.4, -0.2) is 35.2 Å². The van der Waals surface area contributed by atoms with E-state index in [4.69, 9.17) is 9.84 Å². The Bertz CT molecular complexity index is 387. The van der Waals surface area contributed by atoms with Gasteiger partial charge in [-0.3, -0.25) is 4.79 Å². The van der Waals surface area contributed by atoms with Gasteiger partial charge in [0.05, 0.1) is 6.42 Å². The molecule has 0 aromatic heterocycles. The van der Waals surface area contributed by atoms with Gasteiger partial charge in [0.2, 0.25) is 6.43 Å². The van der Waals surface area contributed by atoms with Gasteiger partial charge in [-0.2, -0.15) is 0 Å². The van der Waals surface area contributed by atoms with Gasteiger partial charge in [-0.25, -0.2) is 13.6 Å². The predicted octanol–water partition coefficient (Wildman–Crippen LogP) is 3.43. The Morgan fingerprint density at radius 2 is 1.77 bits per heavy atom. The Labute approximate surface area is 129 Å². The van der Waals surface area contributed by atoms with Crippen molar-refractivity contribution in [2.24, 2.45) is 11.8 Å². The van der Waals surface area contributed by atoms with Crippen LogP contribution in [0.15, 0.2) is 0 Å². The van der Waals surface area contributed by atoms with Gasteiger partial charge in [-0.1, -0.05) is 0 Å². The molecular weight excluding hydrogens is 296 g/mol. The number of amides is 1. The molecule has 0 aromatic rings. The van der Waals surface area contributed by atoms with Crippen LogP contribution in [0.1, 0.15) is 52.9 Å². The highest BCUT2D eigenvalue weighted by Gasteiger charge is 2.35. The van der Waals surface area contributed by atoms with E-state index in [-0.39, 0.29) is 12.0 Å². The largest absolute Gasteiger partial charge is 0.481 e. The molecule has 1 rings (SSSR count). The van der Waals surface area contributed by atoms with Crippen LogP contribution in [0, 0.1) is 11.8 Å². The molecule has 1 fully saturated rings. The second-order valence-corrected chi connectivity index (χ2v) is 6.85. The summed E-state index contributed by atoms with van der Waals surface area (Å²) in [5.41, 5.74) is -0.580. The molecule has 1 saturated carbocycles. The molecule has 1 aliphatic carbocycles. The number of carboxylic acids is 1. The maximum atomic E-state index is 13.0. The first-order valence-corrected chi connectivity index (χ1v) is 7.58. The van der Waals surface area contributed by atoms with Gasteiger partial charge in [0.1, 0.15) is 5.60 Å². The average molecular weight is 321 g/mol. The SMILES string of the molecule is CC(C)(C)OC(=O)NC1CCC(C(CC(=O)O)C(F)F)CC1. The van der Waals surface area contributed by atoms with Crippen molar-refractivity contribution < 1.29 is 28.2 Å². The predicted molar refractivity (Wildman–Crippen MR) is 76.9 cm³/mol. The van der Waals surface area contributed by atoms with Crippen molar-refractivity contribution in [2.45, 2.75) is 70.9 Å². The summed E-state index contributed by atoms with van der Waals surface area (Å²) in [6.07, 6.45) is -1.54. The van der Waals surface area contributed by atoms with Crippen molar-refractivity contribution in [1.82, 2.24) is 5.32 Å².